The maximum absolute atomic E-state index is 9.34. The van der Waals surface area contributed by atoms with Crippen molar-refractivity contribution in [3.05, 3.63) is 29.8 Å². The van der Waals surface area contributed by atoms with Gasteiger partial charge in [-0.2, -0.15) is 0 Å². The maximum atomic E-state index is 9.34. The molecule has 0 amide bonds. The average Bonchev–Trinajstić information content (AvgIpc) is 2.48. The lowest BCUT2D eigenvalue weighted by molar-refractivity contribution is 0.475. The molecule has 0 aromatic heterocycles. The molecular weight excluding hydrogens is 258 g/mol. The highest BCUT2D eigenvalue weighted by Gasteiger charge is 1.93. The second-order valence-electron chi connectivity index (χ2n) is 5.81. The predicted octanol–water partition coefficient (Wildman–Crippen LogP) is 5.73. The van der Waals surface area contributed by atoms with Crippen LogP contribution >= 0.6 is 0 Å². The van der Waals surface area contributed by atoms with Crippen molar-refractivity contribution in [3.8, 4) is 5.75 Å². The summed E-state index contributed by atoms with van der Waals surface area (Å²) in [5.41, 5.74) is 0.974. The summed E-state index contributed by atoms with van der Waals surface area (Å²) >= 11 is 0. The Morgan fingerprint density at radius 3 is 2.14 bits per heavy atom. The summed E-state index contributed by atoms with van der Waals surface area (Å²) in [6, 6.07) is 7.22. The molecule has 0 bridgehead atoms. The molecule has 118 valence electrons. The van der Waals surface area contributed by atoms with E-state index in [2.05, 4.69) is 11.9 Å². The van der Waals surface area contributed by atoms with Gasteiger partial charge in [0.05, 0.1) is 0 Å². The molecule has 1 aromatic carbocycles. The van der Waals surface area contributed by atoms with Crippen LogP contribution in [-0.4, -0.2) is 17.9 Å². The molecule has 0 saturated heterocycles. The molecule has 0 aliphatic carbocycles. The molecule has 2 nitrogen and oxygen atoms in total. The van der Waals surface area contributed by atoms with E-state index in [1.165, 1.54) is 64.2 Å². The number of rotatable bonds is 12. The molecule has 0 aliphatic heterocycles. The molecule has 1 N–H and O–H groups in total. The van der Waals surface area contributed by atoms with Crippen molar-refractivity contribution in [3.63, 3.8) is 0 Å². The van der Waals surface area contributed by atoms with E-state index < -0.39 is 0 Å². The van der Waals surface area contributed by atoms with Gasteiger partial charge in [-0.15, -0.1) is 0 Å². The highest BCUT2D eigenvalue weighted by atomic mass is 16.3. The van der Waals surface area contributed by atoms with Gasteiger partial charge in [-0.3, -0.25) is 4.99 Å². The smallest absolute Gasteiger partial charge is 0.116 e. The third kappa shape index (κ3) is 10.1. The molecule has 0 heterocycles. The van der Waals surface area contributed by atoms with Crippen molar-refractivity contribution in [1.29, 1.82) is 0 Å². The standard InChI is InChI=1S/C19H31NO/c1-2-3-4-5-6-7-8-9-10-11-15-20-17-18-13-12-14-19(21)16-18/h12-14,16-17,21H,2-11,15H2,1H3. The summed E-state index contributed by atoms with van der Waals surface area (Å²) < 4.78 is 0. The first kappa shape index (κ1) is 17.7. The third-order valence-electron chi connectivity index (χ3n) is 3.75. The van der Waals surface area contributed by atoms with Gasteiger partial charge in [-0.1, -0.05) is 76.8 Å². The molecule has 0 spiro atoms. The fourth-order valence-corrected chi connectivity index (χ4v) is 2.47. The topological polar surface area (TPSA) is 32.6 Å². The summed E-state index contributed by atoms with van der Waals surface area (Å²) in [5, 5.41) is 9.34. The van der Waals surface area contributed by atoms with Crippen LogP contribution in [0.4, 0.5) is 0 Å². The van der Waals surface area contributed by atoms with Gasteiger partial charge in [0.15, 0.2) is 0 Å². The van der Waals surface area contributed by atoms with Crippen LogP contribution in [0.1, 0.15) is 76.7 Å². The van der Waals surface area contributed by atoms with Crippen LogP contribution < -0.4 is 0 Å². The number of aliphatic imine (C=N–C) groups is 1. The molecule has 0 fully saturated rings. The summed E-state index contributed by atoms with van der Waals surface area (Å²) in [7, 11) is 0. The highest BCUT2D eigenvalue weighted by molar-refractivity contribution is 5.80. The van der Waals surface area contributed by atoms with Gasteiger partial charge in [-0.25, -0.2) is 0 Å². The Bertz CT molecular complexity index is 387. The van der Waals surface area contributed by atoms with Crippen LogP contribution in [0.3, 0.4) is 0 Å². The molecular formula is C19H31NO. The zero-order chi connectivity index (χ0) is 15.2. The van der Waals surface area contributed by atoms with Gasteiger partial charge >= 0.3 is 0 Å². The Kier molecular flexibility index (Phi) is 10.5. The zero-order valence-electron chi connectivity index (χ0n) is 13.6. The van der Waals surface area contributed by atoms with E-state index in [-0.39, 0.29) is 0 Å². The highest BCUT2D eigenvalue weighted by Crippen LogP contribution is 2.11. The Morgan fingerprint density at radius 1 is 0.905 bits per heavy atom. The fourth-order valence-electron chi connectivity index (χ4n) is 2.47. The van der Waals surface area contributed by atoms with E-state index >= 15 is 0 Å². The molecule has 0 aliphatic rings. The maximum Gasteiger partial charge on any atom is 0.116 e. The molecule has 1 rings (SSSR count). The van der Waals surface area contributed by atoms with E-state index in [0.717, 1.165) is 12.1 Å². The van der Waals surface area contributed by atoms with Crippen LogP contribution in [0, 0.1) is 0 Å². The molecule has 0 radical (unpaired) electrons. The lowest BCUT2D eigenvalue weighted by Gasteiger charge is -2.01. The minimum Gasteiger partial charge on any atom is -0.508 e. The lowest BCUT2D eigenvalue weighted by atomic mass is 10.1. The van der Waals surface area contributed by atoms with Crippen LogP contribution in [0.2, 0.25) is 0 Å². The first-order valence-electron chi connectivity index (χ1n) is 8.62. The quantitative estimate of drug-likeness (QED) is 0.386. The summed E-state index contributed by atoms with van der Waals surface area (Å²) in [5.74, 6) is 0.304. The largest absolute Gasteiger partial charge is 0.508 e. The van der Waals surface area contributed by atoms with E-state index in [4.69, 9.17) is 0 Å². The number of aromatic hydroxyl groups is 1. The Morgan fingerprint density at radius 2 is 1.52 bits per heavy atom. The van der Waals surface area contributed by atoms with Crippen molar-refractivity contribution < 1.29 is 5.11 Å². The van der Waals surface area contributed by atoms with Crippen LogP contribution in [0.5, 0.6) is 5.75 Å². The van der Waals surface area contributed by atoms with Crippen LogP contribution in [-0.2, 0) is 0 Å². The SMILES string of the molecule is CCCCCCCCCCCCN=Cc1cccc(O)c1. The number of unbranched alkanes of at least 4 members (excludes halogenated alkanes) is 9. The van der Waals surface area contributed by atoms with Gasteiger partial charge in [-0.05, 0) is 24.1 Å². The first-order valence-corrected chi connectivity index (χ1v) is 8.62. The third-order valence-corrected chi connectivity index (χ3v) is 3.75. The molecule has 1 aromatic rings. The zero-order valence-corrected chi connectivity index (χ0v) is 13.6. The number of phenolic OH excluding ortho intramolecular Hbond substituents is 1. The minimum absolute atomic E-state index is 0.304. The Hall–Kier alpha value is -1.31. The first-order chi connectivity index (χ1) is 10.3. The van der Waals surface area contributed by atoms with Gasteiger partial charge in [0, 0.05) is 12.8 Å². The van der Waals surface area contributed by atoms with Crippen molar-refractivity contribution in [2.45, 2.75) is 71.1 Å². The molecule has 2 heteroatoms. The number of benzene rings is 1. The number of phenols is 1. The normalized spacial score (nSPS) is 11.3. The van der Waals surface area contributed by atoms with Gasteiger partial charge in [0.2, 0.25) is 0 Å². The molecule has 0 unspecified atom stereocenters. The number of nitrogens with zero attached hydrogens (tertiary/aromatic N) is 1. The summed E-state index contributed by atoms with van der Waals surface area (Å²) in [6.45, 7) is 3.16. The average molecular weight is 289 g/mol. The van der Waals surface area contributed by atoms with Crippen molar-refractivity contribution in [2.24, 2.45) is 4.99 Å². The Balaban J connectivity index is 1.90. The number of hydrogen-bond donors (Lipinski definition) is 1. The number of hydrogen-bond acceptors (Lipinski definition) is 2. The molecule has 21 heavy (non-hydrogen) atoms. The fraction of sp³-hybridized carbons (Fsp3) is 0.632. The summed E-state index contributed by atoms with van der Waals surface area (Å²) in [4.78, 5) is 4.41. The molecule has 0 atom stereocenters. The van der Waals surface area contributed by atoms with Gasteiger partial charge < -0.3 is 5.11 Å². The Labute approximate surface area is 130 Å². The lowest BCUT2D eigenvalue weighted by Crippen LogP contribution is -1.86. The minimum atomic E-state index is 0.304. The van der Waals surface area contributed by atoms with Crippen molar-refractivity contribution >= 4 is 6.21 Å². The van der Waals surface area contributed by atoms with Gasteiger partial charge in [0.25, 0.3) is 0 Å². The van der Waals surface area contributed by atoms with Crippen LogP contribution in [0.25, 0.3) is 0 Å². The molecule has 0 saturated carbocycles. The van der Waals surface area contributed by atoms with Crippen LogP contribution in [0.15, 0.2) is 29.3 Å². The van der Waals surface area contributed by atoms with Crippen molar-refractivity contribution in [2.75, 3.05) is 6.54 Å². The van der Waals surface area contributed by atoms with Gasteiger partial charge in [0.1, 0.15) is 5.75 Å². The monoisotopic (exact) mass is 289 g/mol. The second-order valence-corrected chi connectivity index (χ2v) is 5.81. The second kappa shape index (κ2) is 12.4. The summed E-state index contributed by atoms with van der Waals surface area (Å²) in [6.07, 6.45) is 15.4. The van der Waals surface area contributed by atoms with E-state index in [9.17, 15) is 5.11 Å². The van der Waals surface area contributed by atoms with E-state index in [1.54, 1.807) is 12.1 Å². The predicted molar refractivity (Wildman–Crippen MR) is 92.4 cm³/mol. The van der Waals surface area contributed by atoms with E-state index in [0.29, 0.717) is 5.75 Å². The van der Waals surface area contributed by atoms with Crippen molar-refractivity contribution in [1.82, 2.24) is 0 Å². The van der Waals surface area contributed by atoms with E-state index in [1.807, 2.05) is 18.3 Å².